The third-order valence-corrected chi connectivity index (χ3v) is 5.94. The van der Waals surface area contributed by atoms with Crippen LogP contribution in [0.25, 0.3) is 0 Å². The van der Waals surface area contributed by atoms with E-state index < -0.39 is 0 Å². The van der Waals surface area contributed by atoms with Crippen molar-refractivity contribution in [2.24, 2.45) is 4.99 Å². The van der Waals surface area contributed by atoms with Crippen molar-refractivity contribution < 1.29 is 9.59 Å². The fraction of sp³-hybridized carbons (Fsp3) is 0.870. The van der Waals surface area contributed by atoms with Crippen molar-refractivity contribution in [1.82, 2.24) is 0 Å². The molecule has 0 saturated heterocycles. The first-order chi connectivity index (χ1) is 12.8. The minimum absolute atomic E-state index is 0.259. The number of aliphatic hydroxyl groups excluding tert-OH is 1. The van der Waals surface area contributed by atoms with E-state index in [1.54, 1.807) is 0 Å². The summed E-state index contributed by atoms with van der Waals surface area (Å²) in [6.45, 7) is 8.62. The molecule has 3 heteroatoms. The number of amidine groups is 1. The molecule has 1 aliphatic rings. The minimum Gasteiger partial charge on any atom is -0.390 e. The molecule has 0 bridgehead atoms. The third-order valence-electron chi connectivity index (χ3n) is 5.94. The summed E-state index contributed by atoms with van der Waals surface area (Å²) in [7, 11) is 0. The number of aliphatic hydroxyl groups is 1. The third kappa shape index (κ3) is 9.32. The second-order valence-corrected chi connectivity index (χ2v) is 7.93. The van der Waals surface area contributed by atoms with Gasteiger partial charge in [-0.15, -0.1) is 0 Å². The van der Waals surface area contributed by atoms with Gasteiger partial charge in [-0.25, -0.2) is 4.99 Å². The van der Waals surface area contributed by atoms with Crippen LogP contribution in [0.5, 0.6) is 0 Å². The van der Waals surface area contributed by atoms with Gasteiger partial charge in [0.2, 0.25) is 5.84 Å². The first-order valence-corrected chi connectivity index (χ1v) is 11.4. The predicted molar refractivity (Wildman–Crippen MR) is 115 cm³/mol. The molecular formula is C23H45N2O+. The van der Waals surface area contributed by atoms with Crippen LogP contribution in [-0.4, -0.2) is 48.2 Å². The summed E-state index contributed by atoms with van der Waals surface area (Å²) in [6.07, 6.45) is 22.3. The zero-order chi connectivity index (χ0) is 18.9. The number of likely N-dealkylation sites (N-methyl/N-ethyl adjacent to an activating group) is 1. The topological polar surface area (TPSA) is 32.6 Å². The van der Waals surface area contributed by atoms with Gasteiger partial charge in [0.25, 0.3) is 0 Å². The highest BCUT2D eigenvalue weighted by Gasteiger charge is 2.34. The first-order valence-electron chi connectivity index (χ1n) is 11.4. The van der Waals surface area contributed by atoms with Gasteiger partial charge in [-0.1, -0.05) is 83.3 Å². The van der Waals surface area contributed by atoms with Crippen LogP contribution >= 0.6 is 0 Å². The maximum Gasteiger partial charge on any atom is 0.202 e. The Morgan fingerprint density at radius 2 is 1.50 bits per heavy atom. The molecule has 3 nitrogen and oxygen atoms in total. The Morgan fingerprint density at radius 3 is 2.08 bits per heavy atom. The Morgan fingerprint density at radius 1 is 0.885 bits per heavy atom. The Kier molecular flexibility index (Phi) is 13.8. The van der Waals surface area contributed by atoms with Gasteiger partial charge in [-0.05, 0) is 19.8 Å². The second-order valence-electron chi connectivity index (χ2n) is 7.93. The maximum absolute atomic E-state index is 9.35. The van der Waals surface area contributed by atoms with Crippen LogP contribution in [0.3, 0.4) is 0 Å². The molecule has 1 N–H and O–H groups in total. The Bertz CT molecular complexity index is 392. The number of nitrogens with zero attached hydrogens (tertiary/aromatic N) is 2. The summed E-state index contributed by atoms with van der Waals surface area (Å²) >= 11 is 0. The Balaban J connectivity index is 1.98. The van der Waals surface area contributed by atoms with E-state index in [4.69, 9.17) is 4.99 Å². The molecule has 0 amide bonds. The number of quaternary nitrogens is 1. The van der Waals surface area contributed by atoms with Crippen LogP contribution in [0.1, 0.15) is 97.3 Å². The summed E-state index contributed by atoms with van der Waals surface area (Å²) in [5.41, 5.74) is 0. The predicted octanol–water partition coefficient (Wildman–Crippen LogP) is 5.87. The van der Waals surface area contributed by atoms with Crippen molar-refractivity contribution in [2.75, 3.05) is 32.8 Å². The highest BCUT2D eigenvalue weighted by atomic mass is 16.3. The van der Waals surface area contributed by atoms with Crippen LogP contribution < -0.4 is 0 Å². The SMILES string of the molecule is CCCCCCCCCCCCC/C=C/CC1=NCC[N+]1(CC)CCO. The van der Waals surface area contributed by atoms with Crippen LogP contribution in [0.4, 0.5) is 0 Å². The van der Waals surface area contributed by atoms with E-state index in [2.05, 4.69) is 26.0 Å². The zero-order valence-electron chi connectivity index (χ0n) is 17.7. The lowest BCUT2D eigenvalue weighted by atomic mass is 10.1. The highest BCUT2D eigenvalue weighted by Crippen LogP contribution is 2.18. The summed E-state index contributed by atoms with van der Waals surface area (Å²) in [6, 6.07) is 0. The fourth-order valence-corrected chi connectivity index (χ4v) is 4.07. The van der Waals surface area contributed by atoms with Crippen molar-refractivity contribution in [3.8, 4) is 0 Å². The molecule has 1 aliphatic heterocycles. The molecule has 0 spiro atoms. The van der Waals surface area contributed by atoms with Crippen molar-refractivity contribution in [3.63, 3.8) is 0 Å². The standard InChI is InChI=1S/C23H45N2O/c1-3-5-6-7-8-9-10-11-12-13-14-15-16-17-18-23-24-19-20-25(23,4-2)21-22-26/h16-17,26H,3-15,18-22H2,1-2H3/q+1/b17-16+. The molecule has 1 atom stereocenters. The number of rotatable bonds is 17. The molecule has 152 valence electrons. The van der Waals surface area contributed by atoms with E-state index in [0.717, 1.165) is 37.1 Å². The number of unbranched alkanes of at least 4 members (excludes halogenated alkanes) is 11. The van der Waals surface area contributed by atoms with Crippen molar-refractivity contribution in [3.05, 3.63) is 12.2 Å². The summed E-state index contributed by atoms with van der Waals surface area (Å²) in [5, 5.41) is 9.35. The van der Waals surface area contributed by atoms with E-state index in [-0.39, 0.29) is 6.61 Å². The van der Waals surface area contributed by atoms with Gasteiger partial charge in [0, 0.05) is 0 Å². The van der Waals surface area contributed by atoms with Gasteiger partial charge in [0.05, 0.1) is 26.1 Å². The van der Waals surface area contributed by atoms with Gasteiger partial charge in [0.15, 0.2) is 0 Å². The number of hydrogen-bond acceptors (Lipinski definition) is 2. The largest absolute Gasteiger partial charge is 0.390 e. The van der Waals surface area contributed by atoms with Gasteiger partial charge in [0.1, 0.15) is 13.1 Å². The number of hydrogen-bond donors (Lipinski definition) is 1. The smallest absolute Gasteiger partial charge is 0.202 e. The maximum atomic E-state index is 9.35. The molecular weight excluding hydrogens is 320 g/mol. The second kappa shape index (κ2) is 15.4. The van der Waals surface area contributed by atoms with E-state index in [9.17, 15) is 5.11 Å². The summed E-state index contributed by atoms with van der Waals surface area (Å²) in [4.78, 5) is 4.70. The molecule has 0 aromatic carbocycles. The molecule has 0 aromatic heterocycles. The van der Waals surface area contributed by atoms with Gasteiger partial charge in [-0.2, -0.15) is 0 Å². The quantitative estimate of drug-likeness (QED) is 0.195. The average molecular weight is 366 g/mol. The van der Waals surface area contributed by atoms with Crippen molar-refractivity contribution in [1.29, 1.82) is 0 Å². The molecule has 1 unspecified atom stereocenters. The number of aliphatic imine (C=N–C) groups is 1. The van der Waals surface area contributed by atoms with E-state index in [1.165, 1.54) is 82.9 Å². The van der Waals surface area contributed by atoms with Crippen LogP contribution in [0.2, 0.25) is 0 Å². The molecule has 0 aromatic rings. The molecule has 0 radical (unpaired) electrons. The average Bonchev–Trinajstić information content (AvgIpc) is 3.05. The van der Waals surface area contributed by atoms with Crippen LogP contribution in [0, 0.1) is 0 Å². The first kappa shape index (κ1) is 23.4. The molecule has 0 saturated carbocycles. The van der Waals surface area contributed by atoms with Gasteiger partial charge in [-0.3, -0.25) is 4.48 Å². The van der Waals surface area contributed by atoms with Crippen LogP contribution in [0.15, 0.2) is 17.1 Å². The normalized spacial score (nSPS) is 20.2. The Labute approximate surface area is 163 Å². The van der Waals surface area contributed by atoms with Crippen LogP contribution in [-0.2, 0) is 0 Å². The Hall–Kier alpha value is -0.670. The molecule has 26 heavy (non-hydrogen) atoms. The fourth-order valence-electron chi connectivity index (χ4n) is 4.07. The molecule has 1 rings (SSSR count). The van der Waals surface area contributed by atoms with E-state index >= 15 is 0 Å². The highest BCUT2D eigenvalue weighted by molar-refractivity contribution is 5.78. The van der Waals surface area contributed by atoms with E-state index in [0.29, 0.717) is 0 Å². The lowest BCUT2D eigenvalue weighted by molar-refractivity contribution is -0.834. The van der Waals surface area contributed by atoms with Crippen molar-refractivity contribution in [2.45, 2.75) is 97.3 Å². The summed E-state index contributed by atoms with van der Waals surface area (Å²) in [5.74, 6) is 1.27. The summed E-state index contributed by atoms with van der Waals surface area (Å²) < 4.78 is 0.902. The van der Waals surface area contributed by atoms with Gasteiger partial charge >= 0.3 is 0 Å². The number of allylic oxidation sites excluding steroid dienone is 1. The molecule has 0 fully saturated rings. The van der Waals surface area contributed by atoms with E-state index in [1.807, 2.05) is 0 Å². The minimum atomic E-state index is 0.259. The lowest BCUT2D eigenvalue weighted by Crippen LogP contribution is -2.52. The lowest BCUT2D eigenvalue weighted by Gasteiger charge is -2.32. The van der Waals surface area contributed by atoms with Gasteiger partial charge < -0.3 is 5.11 Å². The molecule has 0 aliphatic carbocycles. The molecule has 1 heterocycles. The van der Waals surface area contributed by atoms with Crippen molar-refractivity contribution >= 4 is 5.84 Å². The monoisotopic (exact) mass is 365 g/mol. The zero-order valence-corrected chi connectivity index (χ0v) is 17.7.